The van der Waals surface area contributed by atoms with E-state index in [1.807, 2.05) is 36.1 Å². The molecule has 0 unspecified atom stereocenters. The van der Waals surface area contributed by atoms with E-state index in [0.717, 1.165) is 0 Å². The van der Waals surface area contributed by atoms with Crippen molar-refractivity contribution >= 4 is 11.4 Å². The van der Waals surface area contributed by atoms with E-state index in [2.05, 4.69) is 79.5 Å². The number of anilines is 2. The summed E-state index contributed by atoms with van der Waals surface area (Å²) in [7, 11) is 4.09. The number of nitrogens with zero attached hydrogens (tertiary/aromatic N) is 2. The van der Waals surface area contributed by atoms with Gasteiger partial charge < -0.3 is 4.90 Å². The standard InChI is InChI=1S/C13H13N.C7H10N/c1-14(12-8-4-2-5-9-12)13-10-6-3-7-11-13;1-7-3-5-8(2)6-4-7/h2-11H,1H3;3-6H,1-2H3/q;+1. The lowest BCUT2D eigenvalue weighted by Crippen LogP contribution is -2.25. The number of aromatic nitrogens is 1. The average molecular weight is 291 g/mol. The maximum Gasteiger partial charge on any atom is 0.168 e. The highest BCUT2D eigenvalue weighted by atomic mass is 15.1. The third-order valence-corrected chi connectivity index (χ3v) is 3.43. The molecule has 0 saturated carbocycles. The van der Waals surface area contributed by atoms with Crippen LogP contribution in [0.15, 0.2) is 85.2 Å². The summed E-state index contributed by atoms with van der Waals surface area (Å²) in [5.74, 6) is 0. The first kappa shape index (κ1) is 15.8. The maximum atomic E-state index is 2.17. The van der Waals surface area contributed by atoms with Crippen molar-refractivity contribution in [2.24, 2.45) is 7.05 Å². The molecule has 0 radical (unpaired) electrons. The van der Waals surface area contributed by atoms with Crippen LogP contribution in [0.5, 0.6) is 0 Å². The van der Waals surface area contributed by atoms with Crippen molar-refractivity contribution in [3.8, 4) is 0 Å². The second-order valence-corrected chi connectivity index (χ2v) is 5.27. The van der Waals surface area contributed by atoms with Gasteiger partial charge in [-0.2, -0.15) is 0 Å². The van der Waals surface area contributed by atoms with Crippen molar-refractivity contribution in [3.05, 3.63) is 90.8 Å². The van der Waals surface area contributed by atoms with Gasteiger partial charge in [0.05, 0.1) is 0 Å². The molecule has 2 heteroatoms. The minimum Gasteiger partial charge on any atom is -0.345 e. The molecule has 1 heterocycles. The molecule has 0 bridgehead atoms. The summed E-state index contributed by atoms with van der Waals surface area (Å²) in [5.41, 5.74) is 3.72. The Morgan fingerprint density at radius 1 is 0.682 bits per heavy atom. The van der Waals surface area contributed by atoms with Gasteiger partial charge in [-0.05, 0) is 36.8 Å². The van der Waals surface area contributed by atoms with E-state index in [9.17, 15) is 0 Å². The van der Waals surface area contributed by atoms with Gasteiger partial charge in [0, 0.05) is 30.6 Å². The van der Waals surface area contributed by atoms with E-state index in [1.54, 1.807) is 0 Å². The minimum atomic E-state index is 1.21. The van der Waals surface area contributed by atoms with E-state index < -0.39 is 0 Å². The van der Waals surface area contributed by atoms with Gasteiger partial charge in [-0.1, -0.05) is 36.4 Å². The summed E-state index contributed by atoms with van der Waals surface area (Å²) < 4.78 is 2.02. The molecule has 0 saturated heterocycles. The van der Waals surface area contributed by atoms with Crippen molar-refractivity contribution in [1.29, 1.82) is 0 Å². The lowest BCUT2D eigenvalue weighted by molar-refractivity contribution is -0.671. The predicted molar refractivity (Wildman–Crippen MR) is 93.3 cm³/mol. The van der Waals surface area contributed by atoms with E-state index in [0.29, 0.717) is 0 Å². The first-order valence-corrected chi connectivity index (χ1v) is 7.42. The maximum absolute atomic E-state index is 2.17. The second kappa shape index (κ2) is 7.99. The Kier molecular flexibility index (Phi) is 5.73. The first-order valence-electron chi connectivity index (χ1n) is 7.42. The zero-order chi connectivity index (χ0) is 15.8. The highest BCUT2D eigenvalue weighted by Gasteiger charge is 2.00. The predicted octanol–water partition coefficient (Wildman–Crippen LogP) is 4.27. The van der Waals surface area contributed by atoms with Crippen molar-refractivity contribution in [2.45, 2.75) is 6.92 Å². The van der Waals surface area contributed by atoms with E-state index >= 15 is 0 Å². The highest BCUT2D eigenvalue weighted by Crippen LogP contribution is 2.21. The van der Waals surface area contributed by atoms with Crippen LogP contribution in [0, 0.1) is 6.92 Å². The molecular weight excluding hydrogens is 268 g/mol. The highest BCUT2D eigenvalue weighted by molar-refractivity contribution is 5.61. The Morgan fingerprint density at radius 2 is 1.09 bits per heavy atom. The van der Waals surface area contributed by atoms with Crippen LogP contribution in [0.4, 0.5) is 11.4 Å². The SMILES string of the molecule is CN(c1ccccc1)c1ccccc1.Cc1cc[n+](C)cc1. The summed E-state index contributed by atoms with van der Waals surface area (Å²) in [6.45, 7) is 2.08. The molecule has 112 valence electrons. The molecule has 2 nitrogen and oxygen atoms in total. The second-order valence-electron chi connectivity index (χ2n) is 5.27. The summed E-state index contributed by atoms with van der Waals surface area (Å²) in [6.07, 6.45) is 4.07. The largest absolute Gasteiger partial charge is 0.345 e. The number of pyridine rings is 1. The van der Waals surface area contributed by atoms with Gasteiger partial charge in [0.2, 0.25) is 0 Å². The lowest BCUT2D eigenvalue weighted by atomic mass is 10.2. The number of benzene rings is 2. The van der Waals surface area contributed by atoms with Crippen LogP contribution in [-0.2, 0) is 7.05 Å². The molecule has 0 atom stereocenters. The molecule has 0 aliphatic heterocycles. The van der Waals surface area contributed by atoms with E-state index in [1.165, 1.54) is 16.9 Å². The van der Waals surface area contributed by atoms with Crippen molar-refractivity contribution < 1.29 is 4.57 Å². The summed E-state index contributed by atoms with van der Waals surface area (Å²) in [6, 6.07) is 24.8. The fourth-order valence-corrected chi connectivity index (χ4v) is 2.03. The van der Waals surface area contributed by atoms with Gasteiger partial charge in [-0.3, -0.25) is 0 Å². The summed E-state index contributed by atoms with van der Waals surface area (Å²) in [5, 5.41) is 0. The van der Waals surface area contributed by atoms with Crippen molar-refractivity contribution in [2.75, 3.05) is 11.9 Å². The fourth-order valence-electron chi connectivity index (χ4n) is 2.03. The van der Waals surface area contributed by atoms with Crippen LogP contribution in [0.25, 0.3) is 0 Å². The zero-order valence-electron chi connectivity index (χ0n) is 13.5. The smallest absolute Gasteiger partial charge is 0.168 e. The third kappa shape index (κ3) is 4.74. The van der Waals surface area contributed by atoms with Crippen LogP contribution >= 0.6 is 0 Å². The summed E-state index contributed by atoms with van der Waals surface area (Å²) in [4.78, 5) is 2.17. The molecule has 3 aromatic rings. The molecule has 3 rings (SSSR count). The topological polar surface area (TPSA) is 7.12 Å². The molecule has 0 amide bonds. The number of para-hydroxylation sites is 2. The van der Waals surface area contributed by atoms with Crippen LogP contribution in [-0.4, -0.2) is 7.05 Å². The molecule has 0 N–H and O–H groups in total. The van der Waals surface area contributed by atoms with Crippen LogP contribution < -0.4 is 9.47 Å². The Balaban J connectivity index is 0.000000188. The quantitative estimate of drug-likeness (QED) is 0.639. The van der Waals surface area contributed by atoms with Crippen LogP contribution in [0.1, 0.15) is 5.56 Å². The Morgan fingerprint density at radius 3 is 1.45 bits per heavy atom. The molecular formula is C20H23N2+. The van der Waals surface area contributed by atoms with Crippen molar-refractivity contribution in [1.82, 2.24) is 0 Å². The number of aryl methyl sites for hydroxylation is 2. The lowest BCUT2D eigenvalue weighted by Gasteiger charge is -2.18. The monoisotopic (exact) mass is 291 g/mol. The van der Waals surface area contributed by atoms with E-state index in [-0.39, 0.29) is 0 Å². The summed E-state index contributed by atoms with van der Waals surface area (Å²) >= 11 is 0. The Bertz CT molecular complexity index is 601. The van der Waals surface area contributed by atoms with Gasteiger partial charge in [0.25, 0.3) is 0 Å². The van der Waals surface area contributed by atoms with E-state index in [4.69, 9.17) is 0 Å². The number of hydrogen-bond acceptors (Lipinski definition) is 1. The number of hydrogen-bond donors (Lipinski definition) is 0. The molecule has 0 aliphatic carbocycles. The van der Waals surface area contributed by atoms with Gasteiger partial charge in [0.15, 0.2) is 12.4 Å². The molecule has 1 aromatic heterocycles. The Hall–Kier alpha value is -2.61. The van der Waals surface area contributed by atoms with Gasteiger partial charge >= 0.3 is 0 Å². The molecule has 2 aromatic carbocycles. The van der Waals surface area contributed by atoms with Crippen LogP contribution in [0.2, 0.25) is 0 Å². The van der Waals surface area contributed by atoms with Gasteiger partial charge in [0.1, 0.15) is 7.05 Å². The van der Waals surface area contributed by atoms with Gasteiger partial charge in [-0.25, -0.2) is 4.57 Å². The Labute approximate surface area is 133 Å². The first-order chi connectivity index (χ1) is 10.7. The fraction of sp³-hybridized carbons (Fsp3) is 0.150. The average Bonchev–Trinajstić information content (AvgIpc) is 2.59. The molecule has 22 heavy (non-hydrogen) atoms. The minimum absolute atomic E-state index is 1.21. The third-order valence-electron chi connectivity index (χ3n) is 3.43. The zero-order valence-corrected chi connectivity index (χ0v) is 13.5. The van der Waals surface area contributed by atoms with Crippen molar-refractivity contribution in [3.63, 3.8) is 0 Å². The van der Waals surface area contributed by atoms with Crippen LogP contribution in [0.3, 0.4) is 0 Å². The number of rotatable bonds is 2. The normalized spacial score (nSPS) is 9.59. The van der Waals surface area contributed by atoms with Gasteiger partial charge in [-0.15, -0.1) is 0 Å². The molecule has 0 fully saturated rings. The molecule has 0 spiro atoms. The molecule has 0 aliphatic rings.